The third-order valence-corrected chi connectivity index (χ3v) is 6.46. The summed E-state index contributed by atoms with van der Waals surface area (Å²) in [5, 5.41) is 6.32. The quantitative estimate of drug-likeness (QED) is 0.405. The van der Waals surface area contributed by atoms with Gasteiger partial charge in [0.25, 0.3) is 0 Å². The standard InChI is InChI=1S/C22H22N4S2/c1-25(21-23-19(15-27-21)17-9-5-3-6-10-17)13-14-26(2)22-24-20(16-28-22)18-11-7-4-8-12-18/h3-12,15-16H,13-14H2,1-2H3. The van der Waals surface area contributed by atoms with E-state index in [0.29, 0.717) is 0 Å². The Morgan fingerprint density at radius 1 is 0.643 bits per heavy atom. The molecule has 0 fully saturated rings. The van der Waals surface area contributed by atoms with E-state index in [-0.39, 0.29) is 0 Å². The number of aromatic nitrogens is 2. The maximum absolute atomic E-state index is 4.79. The van der Waals surface area contributed by atoms with Crippen molar-refractivity contribution in [2.24, 2.45) is 0 Å². The van der Waals surface area contributed by atoms with Crippen LogP contribution in [0.4, 0.5) is 10.3 Å². The van der Waals surface area contributed by atoms with Crippen molar-refractivity contribution in [3.8, 4) is 22.5 Å². The summed E-state index contributed by atoms with van der Waals surface area (Å²) >= 11 is 3.37. The Labute approximate surface area is 173 Å². The van der Waals surface area contributed by atoms with Gasteiger partial charge in [-0.1, -0.05) is 60.7 Å². The third kappa shape index (κ3) is 4.24. The normalized spacial score (nSPS) is 10.8. The molecule has 0 aliphatic heterocycles. The summed E-state index contributed by atoms with van der Waals surface area (Å²) in [6, 6.07) is 20.6. The highest BCUT2D eigenvalue weighted by molar-refractivity contribution is 7.14. The first-order valence-corrected chi connectivity index (χ1v) is 10.9. The Kier molecular flexibility index (Phi) is 5.69. The second kappa shape index (κ2) is 8.54. The van der Waals surface area contributed by atoms with E-state index in [0.717, 1.165) is 45.9 Å². The number of likely N-dealkylation sites (N-methyl/N-ethyl adjacent to an activating group) is 2. The number of hydrogen-bond acceptors (Lipinski definition) is 6. The van der Waals surface area contributed by atoms with Gasteiger partial charge in [-0.15, -0.1) is 22.7 Å². The van der Waals surface area contributed by atoms with Crippen LogP contribution >= 0.6 is 22.7 Å². The molecule has 4 nitrogen and oxygen atoms in total. The molecule has 2 heterocycles. The lowest BCUT2D eigenvalue weighted by molar-refractivity contribution is 0.827. The molecule has 4 rings (SSSR count). The Hall–Kier alpha value is -2.70. The van der Waals surface area contributed by atoms with Crippen LogP contribution < -0.4 is 9.80 Å². The van der Waals surface area contributed by atoms with Gasteiger partial charge in [0.1, 0.15) is 0 Å². The number of rotatable bonds is 7. The van der Waals surface area contributed by atoms with Crippen molar-refractivity contribution >= 4 is 32.9 Å². The largest absolute Gasteiger partial charge is 0.349 e. The van der Waals surface area contributed by atoms with Crippen molar-refractivity contribution < 1.29 is 0 Å². The van der Waals surface area contributed by atoms with E-state index in [1.54, 1.807) is 22.7 Å². The average Bonchev–Trinajstić information content (AvgIpc) is 3.43. The molecule has 6 heteroatoms. The van der Waals surface area contributed by atoms with Gasteiger partial charge in [-0.05, 0) is 0 Å². The lowest BCUT2D eigenvalue weighted by Gasteiger charge is -2.21. The molecule has 28 heavy (non-hydrogen) atoms. The molecule has 0 bridgehead atoms. The van der Waals surface area contributed by atoms with Crippen LogP contribution in [0.1, 0.15) is 0 Å². The molecule has 4 aromatic rings. The van der Waals surface area contributed by atoms with Crippen LogP contribution in [0.5, 0.6) is 0 Å². The number of anilines is 2. The molecule has 2 aromatic carbocycles. The lowest BCUT2D eigenvalue weighted by Crippen LogP contribution is -2.30. The first-order valence-electron chi connectivity index (χ1n) is 9.15. The Morgan fingerprint density at radius 3 is 1.43 bits per heavy atom. The summed E-state index contributed by atoms with van der Waals surface area (Å²) in [5.74, 6) is 0. The van der Waals surface area contributed by atoms with Crippen LogP contribution in [-0.4, -0.2) is 37.2 Å². The van der Waals surface area contributed by atoms with Crippen molar-refractivity contribution in [2.75, 3.05) is 37.0 Å². The molecule has 0 aliphatic carbocycles. The van der Waals surface area contributed by atoms with Crippen LogP contribution in [0.3, 0.4) is 0 Å². The molecule has 0 atom stereocenters. The fourth-order valence-electron chi connectivity index (χ4n) is 2.85. The maximum Gasteiger partial charge on any atom is 0.185 e. The Bertz CT molecular complexity index is 927. The SMILES string of the molecule is CN(CCN(C)c1nc(-c2ccccc2)cs1)c1nc(-c2ccccc2)cs1. The fraction of sp³-hybridized carbons (Fsp3) is 0.182. The monoisotopic (exact) mass is 406 g/mol. The zero-order valence-corrected chi connectivity index (χ0v) is 17.6. The molecule has 0 aliphatic rings. The van der Waals surface area contributed by atoms with Crippen molar-refractivity contribution in [1.29, 1.82) is 0 Å². The molecule has 0 unspecified atom stereocenters. The van der Waals surface area contributed by atoms with E-state index in [4.69, 9.17) is 9.97 Å². The van der Waals surface area contributed by atoms with Gasteiger partial charge < -0.3 is 9.80 Å². The molecule has 2 aromatic heterocycles. The van der Waals surface area contributed by atoms with Crippen LogP contribution in [0.15, 0.2) is 71.4 Å². The van der Waals surface area contributed by atoms with Gasteiger partial charge in [0.2, 0.25) is 0 Å². The van der Waals surface area contributed by atoms with Crippen molar-refractivity contribution in [3.05, 3.63) is 71.4 Å². The molecule has 0 amide bonds. The average molecular weight is 407 g/mol. The molecule has 142 valence electrons. The highest BCUT2D eigenvalue weighted by Gasteiger charge is 2.12. The number of hydrogen-bond donors (Lipinski definition) is 0. The van der Waals surface area contributed by atoms with E-state index in [1.165, 1.54) is 0 Å². The van der Waals surface area contributed by atoms with E-state index in [2.05, 4.69) is 58.9 Å². The van der Waals surface area contributed by atoms with Gasteiger partial charge in [-0.3, -0.25) is 0 Å². The highest BCUT2D eigenvalue weighted by Crippen LogP contribution is 2.28. The van der Waals surface area contributed by atoms with Gasteiger partial charge in [0, 0.05) is 49.1 Å². The van der Waals surface area contributed by atoms with Gasteiger partial charge in [0.05, 0.1) is 11.4 Å². The van der Waals surface area contributed by atoms with Gasteiger partial charge >= 0.3 is 0 Å². The van der Waals surface area contributed by atoms with Crippen molar-refractivity contribution in [1.82, 2.24) is 9.97 Å². The molecule has 0 saturated carbocycles. The van der Waals surface area contributed by atoms with Crippen molar-refractivity contribution in [3.63, 3.8) is 0 Å². The highest BCUT2D eigenvalue weighted by atomic mass is 32.1. The Balaban J connectivity index is 1.37. The Morgan fingerprint density at radius 2 is 1.04 bits per heavy atom. The minimum absolute atomic E-state index is 0.887. The van der Waals surface area contributed by atoms with Crippen LogP contribution in [-0.2, 0) is 0 Å². The molecule has 0 N–H and O–H groups in total. The molecule has 0 radical (unpaired) electrons. The zero-order valence-electron chi connectivity index (χ0n) is 15.9. The molecule has 0 spiro atoms. The molecular weight excluding hydrogens is 384 g/mol. The lowest BCUT2D eigenvalue weighted by atomic mass is 10.2. The van der Waals surface area contributed by atoms with Gasteiger partial charge in [0.15, 0.2) is 10.3 Å². The summed E-state index contributed by atoms with van der Waals surface area (Å²) in [6.45, 7) is 1.77. The maximum atomic E-state index is 4.79. The summed E-state index contributed by atoms with van der Waals surface area (Å²) < 4.78 is 0. The number of thiazole rings is 2. The van der Waals surface area contributed by atoms with Gasteiger partial charge in [-0.2, -0.15) is 0 Å². The zero-order chi connectivity index (χ0) is 19.3. The second-order valence-electron chi connectivity index (χ2n) is 6.61. The third-order valence-electron chi connectivity index (χ3n) is 4.55. The fourth-order valence-corrected chi connectivity index (χ4v) is 4.51. The first-order chi connectivity index (χ1) is 13.7. The second-order valence-corrected chi connectivity index (χ2v) is 8.28. The van der Waals surface area contributed by atoms with Crippen molar-refractivity contribution in [2.45, 2.75) is 0 Å². The number of nitrogens with zero attached hydrogens (tertiary/aromatic N) is 4. The topological polar surface area (TPSA) is 32.3 Å². The molecule has 0 saturated heterocycles. The minimum atomic E-state index is 0.887. The smallest absolute Gasteiger partial charge is 0.185 e. The summed E-state index contributed by atoms with van der Waals surface area (Å²) in [7, 11) is 4.19. The predicted molar refractivity (Wildman–Crippen MR) is 122 cm³/mol. The summed E-state index contributed by atoms with van der Waals surface area (Å²) in [6.07, 6.45) is 0. The summed E-state index contributed by atoms with van der Waals surface area (Å²) in [5.41, 5.74) is 4.39. The summed E-state index contributed by atoms with van der Waals surface area (Å²) in [4.78, 5) is 14.0. The van der Waals surface area contributed by atoms with E-state index >= 15 is 0 Å². The predicted octanol–water partition coefficient (Wildman–Crippen LogP) is 5.51. The van der Waals surface area contributed by atoms with Crippen LogP contribution in [0.25, 0.3) is 22.5 Å². The van der Waals surface area contributed by atoms with E-state index < -0.39 is 0 Å². The van der Waals surface area contributed by atoms with Crippen LogP contribution in [0, 0.1) is 0 Å². The van der Waals surface area contributed by atoms with Gasteiger partial charge in [-0.25, -0.2) is 9.97 Å². The van der Waals surface area contributed by atoms with Crippen LogP contribution in [0.2, 0.25) is 0 Å². The van der Waals surface area contributed by atoms with E-state index in [9.17, 15) is 0 Å². The number of benzene rings is 2. The minimum Gasteiger partial charge on any atom is -0.349 e. The first kappa shape index (κ1) is 18.7. The molecular formula is C22H22N4S2. The van der Waals surface area contributed by atoms with E-state index in [1.807, 2.05) is 36.4 Å².